The molecule has 2 heterocycles. The van der Waals surface area contributed by atoms with Gasteiger partial charge in [-0.1, -0.05) is 15.9 Å². The third kappa shape index (κ3) is 4.25. The fourth-order valence-electron chi connectivity index (χ4n) is 3.65. The van der Waals surface area contributed by atoms with Crippen LogP contribution in [0.3, 0.4) is 0 Å². The number of benzene rings is 1. The first-order valence-corrected chi connectivity index (χ1v) is 10.2. The second-order valence-electron chi connectivity index (χ2n) is 7.09. The van der Waals surface area contributed by atoms with E-state index in [9.17, 15) is 32.7 Å². The summed E-state index contributed by atoms with van der Waals surface area (Å²) in [4.78, 5) is 37.9. The van der Waals surface area contributed by atoms with Crippen LogP contribution in [0.4, 0.5) is 18.0 Å². The number of aryl methyl sites for hydroxylation is 1. The number of ether oxygens (including phenoxy) is 1. The van der Waals surface area contributed by atoms with Crippen LogP contribution < -0.4 is 0 Å². The Hall–Kier alpha value is -2.63. The van der Waals surface area contributed by atoms with E-state index in [1.807, 2.05) is 0 Å². The Labute approximate surface area is 183 Å². The van der Waals surface area contributed by atoms with Crippen molar-refractivity contribution < 1.29 is 37.4 Å². The van der Waals surface area contributed by atoms with Gasteiger partial charge >= 0.3 is 12.1 Å². The molecule has 1 N–H and O–H groups in total. The first-order valence-electron chi connectivity index (χ1n) is 9.36. The highest BCUT2D eigenvalue weighted by Gasteiger charge is 2.45. The summed E-state index contributed by atoms with van der Waals surface area (Å²) in [6.07, 6.45) is -5.23. The number of Topliss-reactive ketones (excluding diaryl/α,β-unsaturated/α-hetero) is 1. The third-order valence-corrected chi connectivity index (χ3v) is 5.97. The molecule has 1 aliphatic rings. The zero-order chi connectivity index (χ0) is 23.0. The number of esters is 1. The van der Waals surface area contributed by atoms with Gasteiger partial charge in [-0.2, -0.15) is 5.10 Å². The van der Waals surface area contributed by atoms with Gasteiger partial charge in [0.15, 0.2) is 5.78 Å². The van der Waals surface area contributed by atoms with Crippen molar-refractivity contribution in [3.05, 3.63) is 27.9 Å². The van der Waals surface area contributed by atoms with Crippen LogP contribution >= 0.6 is 15.9 Å². The van der Waals surface area contributed by atoms with E-state index in [-0.39, 0.29) is 23.1 Å². The van der Waals surface area contributed by atoms with Crippen molar-refractivity contribution in [3.8, 4) is 0 Å². The van der Waals surface area contributed by atoms with Crippen molar-refractivity contribution in [2.45, 2.75) is 44.9 Å². The fraction of sp³-hybridized carbons (Fsp3) is 0.474. The molecule has 31 heavy (non-hydrogen) atoms. The van der Waals surface area contributed by atoms with Crippen molar-refractivity contribution in [1.29, 1.82) is 0 Å². The van der Waals surface area contributed by atoms with Crippen LogP contribution in [0.25, 0.3) is 10.9 Å². The van der Waals surface area contributed by atoms with Gasteiger partial charge in [0.1, 0.15) is 6.17 Å². The molecule has 2 aromatic rings. The number of rotatable bonds is 6. The topological polar surface area (TPSA) is 102 Å². The lowest BCUT2D eigenvalue weighted by atomic mass is 10.0. The second kappa shape index (κ2) is 8.85. The van der Waals surface area contributed by atoms with E-state index in [1.165, 1.54) is 13.0 Å². The molecule has 168 valence electrons. The number of amides is 1. The molecule has 1 aromatic carbocycles. The monoisotopic (exact) mass is 505 g/mol. The Morgan fingerprint density at radius 3 is 2.65 bits per heavy atom. The number of carboxylic acid groups (broad SMARTS) is 1. The molecule has 1 saturated heterocycles. The Bertz CT molecular complexity index is 1040. The zero-order valence-electron chi connectivity index (χ0n) is 16.5. The molecule has 1 fully saturated rings. The van der Waals surface area contributed by atoms with Crippen LogP contribution in [-0.4, -0.2) is 63.0 Å². The van der Waals surface area contributed by atoms with Gasteiger partial charge in [0.25, 0.3) is 6.43 Å². The number of alkyl halides is 3. The first-order chi connectivity index (χ1) is 14.6. The third-order valence-electron chi connectivity index (χ3n) is 5.14. The number of ketones is 1. The van der Waals surface area contributed by atoms with E-state index in [1.54, 1.807) is 6.92 Å². The van der Waals surface area contributed by atoms with Crippen molar-refractivity contribution in [3.63, 3.8) is 0 Å². The largest absolute Gasteiger partial charge is 0.465 e. The van der Waals surface area contributed by atoms with Gasteiger partial charge in [0.05, 0.1) is 24.7 Å². The minimum absolute atomic E-state index is 0.0303. The molecule has 0 spiro atoms. The van der Waals surface area contributed by atoms with Gasteiger partial charge in [-0.15, -0.1) is 0 Å². The maximum absolute atomic E-state index is 13.9. The number of likely N-dealkylation sites (tertiary alicyclic amines) is 1. The number of hydrogen-bond donors (Lipinski definition) is 1. The molecule has 0 aliphatic carbocycles. The number of carbonyl (C=O) groups excluding carboxylic acids is 2. The standard InChI is InChI=1S/C19H19BrF3N3O5/c1-3-31-18(28)15(16(27)13-4-9(21)6-25(13)19(29)30)26-7-11-10(17(22)23)5-12(20)8(2)14(11)24-26/h5,7,9,13,15,17H,3-4,6H2,1-2H3,(H,29,30)/t9-,13-,15?/m1/s1. The molecule has 3 atom stereocenters. The van der Waals surface area contributed by atoms with Crippen molar-refractivity contribution in [2.75, 3.05) is 13.2 Å². The predicted octanol–water partition coefficient (Wildman–Crippen LogP) is 3.81. The molecule has 12 heteroatoms. The normalized spacial score (nSPS) is 19.8. The van der Waals surface area contributed by atoms with Crippen LogP contribution in [0.2, 0.25) is 0 Å². The summed E-state index contributed by atoms with van der Waals surface area (Å²) in [6.45, 7) is 2.53. The molecular weight excluding hydrogens is 487 g/mol. The van der Waals surface area contributed by atoms with E-state index in [4.69, 9.17) is 4.74 Å². The molecule has 1 aromatic heterocycles. The smallest absolute Gasteiger partial charge is 0.408 e. The predicted molar refractivity (Wildman–Crippen MR) is 106 cm³/mol. The Kier molecular flexibility index (Phi) is 6.58. The molecule has 3 rings (SSSR count). The quantitative estimate of drug-likeness (QED) is 0.473. The van der Waals surface area contributed by atoms with Crippen molar-refractivity contribution in [2.24, 2.45) is 0 Å². The minimum Gasteiger partial charge on any atom is -0.465 e. The van der Waals surface area contributed by atoms with Gasteiger partial charge in [-0.25, -0.2) is 27.4 Å². The minimum atomic E-state index is -2.85. The number of hydrogen-bond acceptors (Lipinski definition) is 5. The van der Waals surface area contributed by atoms with Gasteiger partial charge in [-0.3, -0.25) is 9.69 Å². The zero-order valence-corrected chi connectivity index (χ0v) is 18.1. The summed E-state index contributed by atoms with van der Waals surface area (Å²) < 4.78 is 47.2. The van der Waals surface area contributed by atoms with Crippen molar-refractivity contribution >= 4 is 44.7 Å². The van der Waals surface area contributed by atoms with Gasteiger partial charge in [0.2, 0.25) is 6.04 Å². The summed E-state index contributed by atoms with van der Waals surface area (Å²) in [5.41, 5.74) is 0.285. The van der Waals surface area contributed by atoms with Crippen LogP contribution in [0.5, 0.6) is 0 Å². The van der Waals surface area contributed by atoms with Crippen LogP contribution in [0.1, 0.15) is 36.9 Å². The maximum atomic E-state index is 13.9. The summed E-state index contributed by atoms with van der Waals surface area (Å²) in [6, 6.07) is -1.96. The lowest BCUT2D eigenvalue weighted by Gasteiger charge is -2.24. The Morgan fingerprint density at radius 2 is 2.06 bits per heavy atom. The van der Waals surface area contributed by atoms with E-state index in [0.717, 1.165) is 10.9 Å². The molecule has 8 nitrogen and oxygen atoms in total. The van der Waals surface area contributed by atoms with Gasteiger partial charge < -0.3 is 9.84 Å². The number of nitrogens with zero attached hydrogens (tertiary/aromatic N) is 3. The highest BCUT2D eigenvalue weighted by atomic mass is 79.9. The Morgan fingerprint density at radius 1 is 1.39 bits per heavy atom. The number of carbonyl (C=O) groups is 3. The number of halogens is 4. The van der Waals surface area contributed by atoms with Crippen LogP contribution in [0, 0.1) is 6.92 Å². The van der Waals surface area contributed by atoms with E-state index < -0.39 is 55.5 Å². The van der Waals surface area contributed by atoms with Gasteiger partial charge in [0, 0.05) is 28.0 Å². The average Bonchev–Trinajstić information content (AvgIpc) is 3.29. The summed E-state index contributed by atoms with van der Waals surface area (Å²) in [5, 5.41) is 13.5. The van der Waals surface area contributed by atoms with Crippen LogP contribution in [-0.2, 0) is 14.3 Å². The molecule has 0 bridgehead atoms. The lowest BCUT2D eigenvalue weighted by Crippen LogP contribution is -2.45. The second-order valence-corrected chi connectivity index (χ2v) is 7.94. The Balaban J connectivity index is 2.13. The summed E-state index contributed by atoms with van der Waals surface area (Å²) in [5.74, 6) is -1.98. The first kappa shape index (κ1) is 23.0. The molecule has 1 amide bonds. The van der Waals surface area contributed by atoms with E-state index in [2.05, 4.69) is 21.0 Å². The van der Waals surface area contributed by atoms with E-state index >= 15 is 0 Å². The summed E-state index contributed by atoms with van der Waals surface area (Å²) >= 11 is 3.19. The average molecular weight is 506 g/mol. The van der Waals surface area contributed by atoms with Gasteiger partial charge in [-0.05, 0) is 25.5 Å². The molecular formula is C19H19BrF3N3O5. The highest BCUT2D eigenvalue weighted by Crippen LogP contribution is 2.35. The number of fused-ring (bicyclic) bond motifs is 1. The maximum Gasteiger partial charge on any atom is 0.408 e. The number of aromatic nitrogens is 2. The molecule has 1 unspecified atom stereocenters. The van der Waals surface area contributed by atoms with Crippen LogP contribution in [0.15, 0.2) is 16.7 Å². The highest BCUT2D eigenvalue weighted by molar-refractivity contribution is 9.10. The van der Waals surface area contributed by atoms with Crippen molar-refractivity contribution in [1.82, 2.24) is 14.7 Å². The molecule has 0 radical (unpaired) electrons. The molecule has 0 saturated carbocycles. The van der Waals surface area contributed by atoms with E-state index in [0.29, 0.717) is 14.9 Å². The lowest BCUT2D eigenvalue weighted by molar-refractivity contribution is -0.152. The SMILES string of the molecule is CCOC(=O)C(C(=O)[C@H]1C[C@@H](F)CN1C(=O)O)n1cc2c(C(F)F)cc(Br)c(C)c2n1. The molecule has 1 aliphatic heterocycles. The summed E-state index contributed by atoms with van der Waals surface area (Å²) in [7, 11) is 0. The fourth-order valence-corrected chi connectivity index (χ4v) is 4.09.